The Bertz CT molecular complexity index is 496. The number of nitrogens with two attached hydrogens (primary N) is 1. The second kappa shape index (κ2) is 5.41. The largest absolute Gasteiger partial charge is 0.326 e. The van der Waals surface area contributed by atoms with Gasteiger partial charge < -0.3 is 5.73 Å². The lowest BCUT2D eigenvalue weighted by molar-refractivity contribution is 0.402. The summed E-state index contributed by atoms with van der Waals surface area (Å²) in [7, 11) is -2.77. The average Bonchev–Trinajstić information content (AvgIpc) is 2.38. The van der Waals surface area contributed by atoms with Crippen LogP contribution in [0.3, 0.4) is 0 Å². The summed E-state index contributed by atoms with van der Waals surface area (Å²) in [4.78, 5) is 0. The van der Waals surface area contributed by atoms with Crippen LogP contribution in [-0.2, 0) is 16.4 Å². The molecule has 0 amide bonds. The molecule has 1 unspecified atom stereocenters. The fraction of sp³-hybridized carbons (Fsp3) is 0.571. The molecular formula is C14H21NO2S. The fourth-order valence-corrected chi connectivity index (χ4v) is 4.35. The maximum Gasteiger partial charge on any atom is 0.150 e. The highest BCUT2D eigenvalue weighted by Crippen LogP contribution is 2.34. The predicted octanol–water partition coefficient (Wildman–Crippen LogP) is 2.07. The van der Waals surface area contributed by atoms with E-state index in [1.54, 1.807) is 0 Å². The van der Waals surface area contributed by atoms with E-state index in [1.807, 2.05) is 12.1 Å². The molecule has 100 valence electrons. The van der Waals surface area contributed by atoms with Crippen molar-refractivity contribution >= 4 is 9.84 Å². The minimum atomic E-state index is -2.77. The average molecular weight is 267 g/mol. The van der Waals surface area contributed by atoms with Crippen LogP contribution in [0.4, 0.5) is 0 Å². The van der Waals surface area contributed by atoms with Crippen LogP contribution < -0.4 is 5.73 Å². The SMILES string of the molecule is CC(c1ccccc1CN)C1CCS(=O)(=O)CC1. The first-order valence-corrected chi connectivity index (χ1v) is 8.34. The Hall–Kier alpha value is -0.870. The lowest BCUT2D eigenvalue weighted by Crippen LogP contribution is -2.26. The summed E-state index contributed by atoms with van der Waals surface area (Å²) < 4.78 is 22.9. The zero-order chi connectivity index (χ0) is 13.2. The van der Waals surface area contributed by atoms with Gasteiger partial charge >= 0.3 is 0 Å². The van der Waals surface area contributed by atoms with Crippen molar-refractivity contribution in [3.8, 4) is 0 Å². The Kier molecular flexibility index (Phi) is 4.07. The van der Waals surface area contributed by atoms with Crippen molar-refractivity contribution in [2.75, 3.05) is 11.5 Å². The quantitative estimate of drug-likeness (QED) is 0.912. The molecule has 3 nitrogen and oxygen atoms in total. The predicted molar refractivity (Wildman–Crippen MR) is 74.1 cm³/mol. The summed E-state index contributed by atoms with van der Waals surface area (Å²) in [5.74, 6) is 1.53. The van der Waals surface area contributed by atoms with Crippen LogP contribution in [0, 0.1) is 5.92 Å². The van der Waals surface area contributed by atoms with Gasteiger partial charge in [-0.2, -0.15) is 0 Å². The third-order valence-electron chi connectivity index (χ3n) is 4.07. The first-order chi connectivity index (χ1) is 8.53. The molecule has 1 atom stereocenters. The summed E-state index contributed by atoms with van der Waals surface area (Å²) in [5, 5.41) is 0. The Morgan fingerprint density at radius 2 is 1.89 bits per heavy atom. The molecule has 1 fully saturated rings. The van der Waals surface area contributed by atoms with Gasteiger partial charge in [0.15, 0.2) is 0 Å². The molecule has 18 heavy (non-hydrogen) atoms. The van der Waals surface area contributed by atoms with E-state index in [2.05, 4.69) is 19.1 Å². The normalized spacial score (nSPS) is 21.7. The maximum atomic E-state index is 11.5. The van der Waals surface area contributed by atoms with E-state index in [4.69, 9.17) is 5.73 Å². The molecule has 2 N–H and O–H groups in total. The zero-order valence-corrected chi connectivity index (χ0v) is 11.6. The van der Waals surface area contributed by atoms with Crippen molar-refractivity contribution in [2.24, 2.45) is 11.7 Å². The highest BCUT2D eigenvalue weighted by Gasteiger charge is 2.28. The smallest absolute Gasteiger partial charge is 0.150 e. The van der Waals surface area contributed by atoms with Gasteiger partial charge in [0.05, 0.1) is 11.5 Å². The fourth-order valence-electron chi connectivity index (χ4n) is 2.83. The van der Waals surface area contributed by atoms with E-state index in [0.717, 1.165) is 12.8 Å². The molecule has 1 saturated heterocycles. The van der Waals surface area contributed by atoms with Crippen molar-refractivity contribution in [3.63, 3.8) is 0 Å². The van der Waals surface area contributed by atoms with E-state index in [1.165, 1.54) is 11.1 Å². The van der Waals surface area contributed by atoms with Gasteiger partial charge in [-0.15, -0.1) is 0 Å². The Morgan fingerprint density at radius 3 is 2.50 bits per heavy atom. The molecule has 0 saturated carbocycles. The van der Waals surface area contributed by atoms with Crippen molar-refractivity contribution in [3.05, 3.63) is 35.4 Å². The molecule has 4 heteroatoms. The van der Waals surface area contributed by atoms with Gasteiger partial charge in [-0.3, -0.25) is 0 Å². The summed E-state index contributed by atoms with van der Waals surface area (Å²) in [6, 6.07) is 8.22. The van der Waals surface area contributed by atoms with Gasteiger partial charge in [0, 0.05) is 6.54 Å². The van der Waals surface area contributed by atoms with Gasteiger partial charge in [-0.25, -0.2) is 8.42 Å². The summed E-state index contributed by atoms with van der Waals surface area (Å²) in [6.07, 6.45) is 1.56. The van der Waals surface area contributed by atoms with Gasteiger partial charge in [0.25, 0.3) is 0 Å². The molecule has 0 aliphatic carbocycles. The standard InChI is InChI=1S/C14H21NO2S/c1-11(12-6-8-18(16,17)9-7-12)14-5-3-2-4-13(14)10-15/h2-5,11-12H,6-10,15H2,1H3. The molecule has 1 heterocycles. The molecule has 1 aliphatic rings. The Labute approximate surface area is 109 Å². The molecule has 0 spiro atoms. The molecule has 1 aromatic rings. The van der Waals surface area contributed by atoms with E-state index in [9.17, 15) is 8.42 Å². The zero-order valence-electron chi connectivity index (χ0n) is 10.8. The van der Waals surface area contributed by atoms with Crippen LogP contribution in [-0.4, -0.2) is 19.9 Å². The molecule has 1 aliphatic heterocycles. The van der Waals surface area contributed by atoms with Crippen LogP contribution in [0.1, 0.15) is 36.8 Å². The number of sulfone groups is 1. The number of hydrogen-bond acceptors (Lipinski definition) is 3. The highest BCUT2D eigenvalue weighted by molar-refractivity contribution is 7.91. The van der Waals surface area contributed by atoms with Crippen LogP contribution in [0.5, 0.6) is 0 Å². The van der Waals surface area contributed by atoms with Crippen LogP contribution in [0.2, 0.25) is 0 Å². The van der Waals surface area contributed by atoms with Crippen LogP contribution in [0.25, 0.3) is 0 Å². The summed E-state index contributed by atoms with van der Waals surface area (Å²) in [6.45, 7) is 2.74. The van der Waals surface area contributed by atoms with Gasteiger partial charge in [0.2, 0.25) is 0 Å². The number of hydrogen-bond donors (Lipinski definition) is 1. The monoisotopic (exact) mass is 267 g/mol. The van der Waals surface area contributed by atoms with E-state index >= 15 is 0 Å². The highest BCUT2D eigenvalue weighted by atomic mass is 32.2. The second-order valence-electron chi connectivity index (χ2n) is 5.18. The third kappa shape index (κ3) is 2.93. The number of rotatable bonds is 3. The molecule has 1 aromatic carbocycles. The van der Waals surface area contributed by atoms with Gasteiger partial charge in [0.1, 0.15) is 9.84 Å². The summed E-state index contributed by atoms with van der Waals surface area (Å²) in [5.41, 5.74) is 8.23. The van der Waals surface area contributed by atoms with Crippen molar-refractivity contribution in [1.82, 2.24) is 0 Å². The molecule has 0 aromatic heterocycles. The maximum absolute atomic E-state index is 11.5. The molecule has 0 bridgehead atoms. The van der Waals surface area contributed by atoms with Crippen molar-refractivity contribution < 1.29 is 8.42 Å². The van der Waals surface area contributed by atoms with Crippen molar-refractivity contribution in [1.29, 1.82) is 0 Å². The van der Waals surface area contributed by atoms with Crippen LogP contribution in [0.15, 0.2) is 24.3 Å². The lowest BCUT2D eigenvalue weighted by atomic mass is 9.82. The first-order valence-electron chi connectivity index (χ1n) is 6.52. The molecule has 0 radical (unpaired) electrons. The number of benzene rings is 1. The van der Waals surface area contributed by atoms with Crippen LogP contribution >= 0.6 is 0 Å². The molecular weight excluding hydrogens is 246 g/mol. The third-order valence-corrected chi connectivity index (χ3v) is 5.79. The minimum absolute atomic E-state index is 0.340. The second-order valence-corrected chi connectivity index (χ2v) is 7.48. The Balaban J connectivity index is 2.14. The first kappa shape index (κ1) is 13.6. The van der Waals surface area contributed by atoms with E-state index in [-0.39, 0.29) is 0 Å². The summed E-state index contributed by atoms with van der Waals surface area (Å²) >= 11 is 0. The minimum Gasteiger partial charge on any atom is -0.326 e. The molecule has 2 rings (SSSR count). The van der Waals surface area contributed by atoms with Gasteiger partial charge in [-0.05, 0) is 35.8 Å². The van der Waals surface area contributed by atoms with E-state index in [0.29, 0.717) is 29.9 Å². The van der Waals surface area contributed by atoms with Crippen molar-refractivity contribution in [2.45, 2.75) is 32.2 Å². The van der Waals surface area contributed by atoms with Gasteiger partial charge in [-0.1, -0.05) is 31.2 Å². The topological polar surface area (TPSA) is 60.2 Å². The Morgan fingerprint density at radius 1 is 1.28 bits per heavy atom. The lowest BCUT2D eigenvalue weighted by Gasteiger charge is -2.29. The van der Waals surface area contributed by atoms with E-state index < -0.39 is 9.84 Å².